The number of nitrogens with two attached hydrogens (primary N) is 1. The number of benzene rings is 3. The Morgan fingerprint density at radius 1 is 1.03 bits per heavy atom. The highest BCUT2D eigenvalue weighted by molar-refractivity contribution is 6.31. The average Bonchev–Trinajstić information content (AvgIpc) is 3.14. The van der Waals surface area contributed by atoms with Crippen molar-refractivity contribution >= 4 is 34.4 Å². The molecule has 1 aromatic heterocycles. The van der Waals surface area contributed by atoms with Gasteiger partial charge in [0.15, 0.2) is 12.0 Å². The highest BCUT2D eigenvalue weighted by Crippen LogP contribution is 2.39. The summed E-state index contributed by atoms with van der Waals surface area (Å²) in [5, 5.41) is 0.725. The maximum absolute atomic E-state index is 13.6. The summed E-state index contributed by atoms with van der Waals surface area (Å²) in [6.45, 7) is 0.137. The minimum absolute atomic E-state index is 0.0388. The first kappa shape index (κ1) is 22.7. The topological polar surface area (TPSA) is 103 Å². The van der Waals surface area contributed by atoms with Gasteiger partial charge in [0.25, 0.3) is 11.8 Å². The van der Waals surface area contributed by atoms with E-state index in [-0.39, 0.29) is 29.3 Å². The molecule has 1 unspecified atom stereocenters. The standard InChI is InChI=1S/C27H21ClN2O5/c28-18-8-11-21-20(14-18)25(32)23-24(17-6-9-19(10-7-17)34-15-22(29)31)30(27(33)26(23)35-21)13-12-16-4-2-1-3-5-16/h1-11,14,24H,12-13,15H2,(H2,29,31). The molecule has 5 rings (SSSR count). The Labute approximate surface area is 205 Å². The number of ether oxygens (including phenoxy) is 1. The van der Waals surface area contributed by atoms with E-state index in [4.69, 9.17) is 26.5 Å². The summed E-state index contributed by atoms with van der Waals surface area (Å²) >= 11 is 6.13. The van der Waals surface area contributed by atoms with Crippen LogP contribution in [-0.4, -0.2) is 29.9 Å². The van der Waals surface area contributed by atoms with Crippen molar-refractivity contribution in [3.63, 3.8) is 0 Å². The van der Waals surface area contributed by atoms with E-state index in [2.05, 4.69) is 0 Å². The molecule has 35 heavy (non-hydrogen) atoms. The quantitative estimate of drug-likeness (QED) is 0.422. The zero-order valence-corrected chi connectivity index (χ0v) is 19.3. The number of fused-ring (bicyclic) bond motifs is 2. The number of primary amides is 1. The number of hydrogen-bond acceptors (Lipinski definition) is 5. The smallest absolute Gasteiger partial charge is 0.290 e. The van der Waals surface area contributed by atoms with Crippen molar-refractivity contribution in [2.75, 3.05) is 13.2 Å². The van der Waals surface area contributed by atoms with Gasteiger partial charge in [-0.1, -0.05) is 54.1 Å². The van der Waals surface area contributed by atoms with Crippen LogP contribution in [-0.2, 0) is 11.2 Å². The summed E-state index contributed by atoms with van der Waals surface area (Å²) < 4.78 is 11.3. The van der Waals surface area contributed by atoms with Crippen molar-refractivity contribution in [2.24, 2.45) is 5.73 Å². The van der Waals surface area contributed by atoms with Gasteiger partial charge in [-0.3, -0.25) is 14.4 Å². The average molecular weight is 489 g/mol. The number of amides is 2. The Bertz CT molecular complexity index is 1480. The van der Waals surface area contributed by atoms with Crippen molar-refractivity contribution < 1.29 is 18.7 Å². The molecular weight excluding hydrogens is 468 g/mol. The zero-order valence-electron chi connectivity index (χ0n) is 18.6. The van der Waals surface area contributed by atoms with Crippen LogP contribution in [0.2, 0.25) is 5.02 Å². The van der Waals surface area contributed by atoms with Gasteiger partial charge >= 0.3 is 0 Å². The van der Waals surface area contributed by atoms with Gasteiger partial charge in [-0.15, -0.1) is 0 Å². The van der Waals surface area contributed by atoms with Gasteiger partial charge in [0.1, 0.15) is 11.3 Å². The van der Waals surface area contributed by atoms with Crippen molar-refractivity contribution in [3.05, 3.63) is 110 Å². The van der Waals surface area contributed by atoms with Crippen LogP contribution < -0.4 is 15.9 Å². The zero-order chi connectivity index (χ0) is 24.5. The second-order valence-electron chi connectivity index (χ2n) is 8.28. The molecule has 8 heteroatoms. The molecule has 2 N–H and O–H groups in total. The van der Waals surface area contributed by atoms with Gasteiger partial charge in [0.2, 0.25) is 5.76 Å². The van der Waals surface area contributed by atoms with E-state index >= 15 is 0 Å². The lowest BCUT2D eigenvalue weighted by Gasteiger charge is -2.25. The second kappa shape index (κ2) is 9.27. The molecule has 0 radical (unpaired) electrons. The lowest BCUT2D eigenvalue weighted by atomic mass is 9.98. The first-order valence-corrected chi connectivity index (χ1v) is 11.4. The first-order valence-electron chi connectivity index (χ1n) is 11.0. The molecule has 176 valence electrons. The molecule has 0 aliphatic carbocycles. The van der Waals surface area contributed by atoms with Crippen LogP contribution in [0.15, 0.2) is 82.0 Å². The van der Waals surface area contributed by atoms with E-state index in [0.29, 0.717) is 40.3 Å². The predicted octanol–water partition coefficient (Wildman–Crippen LogP) is 4.10. The Morgan fingerprint density at radius 2 is 1.77 bits per heavy atom. The van der Waals surface area contributed by atoms with Gasteiger partial charge in [-0.25, -0.2) is 0 Å². The summed E-state index contributed by atoms with van der Waals surface area (Å²) in [4.78, 5) is 39.8. The van der Waals surface area contributed by atoms with Crippen molar-refractivity contribution in [2.45, 2.75) is 12.5 Å². The highest BCUT2D eigenvalue weighted by Gasteiger charge is 2.42. The maximum Gasteiger partial charge on any atom is 0.290 e. The van der Waals surface area contributed by atoms with Crippen molar-refractivity contribution in [1.82, 2.24) is 4.90 Å². The molecule has 2 heterocycles. The van der Waals surface area contributed by atoms with E-state index in [0.717, 1.165) is 5.56 Å². The van der Waals surface area contributed by atoms with Gasteiger partial charge in [-0.2, -0.15) is 0 Å². The Balaban J connectivity index is 1.58. The largest absolute Gasteiger partial charge is 0.484 e. The number of carbonyl (C=O) groups excluding carboxylic acids is 2. The first-order chi connectivity index (χ1) is 16.9. The third-order valence-corrected chi connectivity index (χ3v) is 6.22. The molecule has 1 aliphatic rings. The van der Waals surface area contributed by atoms with E-state index < -0.39 is 11.9 Å². The molecule has 0 saturated carbocycles. The summed E-state index contributed by atoms with van der Waals surface area (Å²) in [6, 6.07) is 20.8. The molecule has 4 aromatic rings. The Kier molecular flexibility index (Phi) is 6.01. The number of carbonyl (C=O) groups is 2. The minimum atomic E-state index is -0.647. The van der Waals surface area contributed by atoms with Gasteiger partial charge < -0.3 is 19.8 Å². The van der Waals surface area contributed by atoms with Crippen LogP contribution >= 0.6 is 11.6 Å². The molecule has 1 aliphatic heterocycles. The molecule has 0 saturated heterocycles. The molecule has 0 bridgehead atoms. The van der Waals surface area contributed by atoms with Crippen LogP contribution in [0.5, 0.6) is 5.75 Å². The van der Waals surface area contributed by atoms with E-state index in [1.54, 1.807) is 47.4 Å². The fraction of sp³-hybridized carbons (Fsp3) is 0.148. The third-order valence-electron chi connectivity index (χ3n) is 5.99. The van der Waals surface area contributed by atoms with Crippen molar-refractivity contribution in [3.8, 4) is 5.75 Å². The fourth-order valence-corrected chi connectivity index (χ4v) is 4.54. The highest BCUT2D eigenvalue weighted by atomic mass is 35.5. The van der Waals surface area contributed by atoms with Crippen LogP contribution in [0.1, 0.15) is 33.3 Å². The lowest BCUT2D eigenvalue weighted by Crippen LogP contribution is -2.31. The molecule has 0 fully saturated rings. The van der Waals surface area contributed by atoms with E-state index in [1.807, 2.05) is 30.3 Å². The SMILES string of the molecule is NC(=O)COc1ccc(C2c3c(oc4ccc(Cl)cc4c3=O)C(=O)N2CCc2ccccc2)cc1. The van der Waals surface area contributed by atoms with Crippen LogP contribution in [0, 0.1) is 0 Å². The van der Waals surface area contributed by atoms with Crippen LogP contribution in [0.4, 0.5) is 0 Å². The summed E-state index contributed by atoms with van der Waals surface area (Å²) in [6.07, 6.45) is 0.608. The second-order valence-corrected chi connectivity index (χ2v) is 8.71. The summed E-state index contributed by atoms with van der Waals surface area (Å²) in [5.41, 5.74) is 7.23. The summed E-state index contributed by atoms with van der Waals surface area (Å²) in [5.74, 6) is -0.439. The maximum atomic E-state index is 13.6. The molecule has 3 aromatic carbocycles. The van der Waals surface area contributed by atoms with Crippen LogP contribution in [0.25, 0.3) is 11.0 Å². The minimum Gasteiger partial charge on any atom is -0.484 e. The lowest BCUT2D eigenvalue weighted by molar-refractivity contribution is -0.119. The van der Waals surface area contributed by atoms with Gasteiger partial charge in [-0.05, 0) is 47.9 Å². The molecular formula is C27H21ClN2O5. The Morgan fingerprint density at radius 3 is 2.49 bits per heavy atom. The molecule has 1 atom stereocenters. The number of hydrogen-bond donors (Lipinski definition) is 1. The monoisotopic (exact) mass is 488 g/mol. The van der Waals surface area contributed by atoms with Crippen molar-refractivity contribution in [1.29, 1.82) is 0 Å². The van der Waals surface area contributed by atoms with E-state index in [9.17, 15) is 14.4 Å². The number of rotatable bonds is 7. The molecule has 2 amide bonds. The number of halogens is 1. The normalized spacial score (nSPS) is 14.8. The molecule has 7 nitrogen and oxygen atoms in total. The van der Waals surface area contributed by atoms with Gasteiger partial charge in [0.05, 0.1) is 17.0 Å². The van der Waals surface area contributed by atoms with Crippen LogP contribution in [0.3, 0.4) is 0 Å². The number of nitrogens with zero attached hydrogens (tertiary/aromatic N) is 1. The molecule has 0 spiro atoms. The Hall–Kier alpha value is -4.10. The van der Waals surface area contributed by atoms with E-state index in [1.165, 1.54) is 0 Å². The predicted molar refractivity (Wildman–Crippen MR) is 132 cm³/mol. The third kappa shape index (κ3) is 4.38. The fourth-order valence-electron chi connectivity index (χ4n) is 4.36. The summed E-state index contributed by atoms with van der Waals surface area (Å²) in [7, 11) is 0. The van der Waals surface area contributed by atoms with Gasteiger partial charge in [0, 0.05) is 11.6 Å².